The van der Waals surface area contributed by atoms with Gasteiger partial charge in [0.1, 0.15) is 5.78 Å². The molecule has 1 aliphatic carbocycles. The van der Waals surface area contributed by atoms with Crippen LogP contribution < -0.4 is 0 Å². The van der Waals surface area contributed by atoms with Crippen molar-refractivity contribution in [1.29, 1.82) is 0 Å². The second-order valence-corrected chi connectivity index (χ2v) is 5.15. The highest BCUT2D eigenvalue weighted by Crippen LogP contribution is 2.29. The molecule has 0 aromatic rings. The minimum Gasteiger partial charge on any atom is -0.381 e. The maximum Gasteiger partial charge on any atom is 0.133 e. The van der Waals surface area contributed by atoms with Crippen LogP contribution in [0.15, 0.2) is 0 Å². The molecule has 0 spiro atoms. The molecule has 15 heavy (non-hydrogen) atoms. The first-order valence-electron chi connectivity index (χ1n) is 6.44. The van der Waals surface area contributed by atoms with Crippen LogP contribution in [0.4, 0.5) is 0 Å². The number of hydrogen-bond acceptors (Lipinski definition) is 2. The summed E-state index contributed by atoms with van der Waals surface area (Å²) < 4.78 is 5.30. The minimum absolute atomic E-state index is 0.508. The van der Waals surface area contributed by atoms with Crippen molar-refractivity contribution in [3.63, 3.8) is 0 Å². The van der Waals surface area contributed by atoms with Gasteiger partial charge in [0.05, 0.1) is 0 Å². The number of ketones is 1. The zero-order chi connectivity index (χ0) is 10.5. The highest BCUT2D eigenvalue weighted by Gasteiger charge is 2.21. The standard InChI is InChI=1S/C13H22O2/c14-13(9-11-3-1-2-4-11)10-12-5-7-15-8-6-12/h11-12H,1-10H2. The first-order chi connectivity index (χ1) is 7.34. The van der Waals surface area contributed by atoms with Gasteiger partial charge in [-0.25, -0.2) is 0 Å². The average Bonchev–Trinajstić information content (AvgIpc) is 2.71. The summed E-state index contributed by atoms with van der Waals surface area (Å²) in [4.78, 5) is 11.8. The molecule has 0 radical (unpaired) electrons. The summed E-state index contributed by atoms with van der Waals surface area (Å²) in [5, 5.41) is 0. The molecular formula is C13H22O2. The van der Waals surface area contributed by atoms with Gasteiger partial charge in [-0.2, -0.15) is 0 Å². The topological polar surface area (TPSA) is 26.3 Å². The van der Waals surface area contributed by atoms with Gasteiger partial charge in [0.15, 0.2) is 0 Å². The fourth-order valence-electron chi connectivity index (χ4n) is 2.89. The molecule has 0 atom stereocenters. The third kappa shape index (κ3) is 3.60. The molecule has 2 fully saturated rings. The van der Waals surface area contributed by atoms with Gasteiger partial charge < -0.3 is 4.74 Å². The van der Waals surface area contributed by atoms with Gasteiger partial charge in [0, 0.05) is 26.1 Å². The van der Waals surface area contributed by atoms with E-state index < -0.39 is 0 Å². The average molecular weight is 210 g/mol. The van der Waals surface area contributed by atoms with Crippen LogP contribution >= 0.6 is 0 Å². The minimum atomic E-state index is 0.508. The Morgan fingerprint density at radius 1 is 0.933 bits per heavy atom. The SMILES string of the molecule is O=C(CC1CCCC1)CC1CCOCC1. The maximum atomic E-state index is 11.8. The van der Waals surface area contributed by atoms with E-state index in [1.165, 1.54) is 25.7 Å². The molecule has 2 heteroatoms. The highest BCUT2D eigenvalue weighted by molar-refractivity contribution is 5.78. The number of carbonyl (C=O) groups is 1. The molecule has 0 amide bonds. The zero-order valence-electron chi connectivity index (χ0n) is 9.54. The smallest absolute Gasteiger partial charge is 0.133 e. The molecule has 1 heterocycles. The van der Waals surface area contributed by atoms with Gasteiger partial charge in [-0.1, -0.05) is 25.7 Å². The summed E-state index contributed by atoms with van der Waals surface area (Å²) in [6.07, 6.45) is 9.13. The van der Waals surface area contributed by atoms with Crippen molar-refractivity contribution in [2.24, 2.45) is 11.8 Å². The predicted molar refractivity (Wildman–Crippen MR) is 59.7 cm³/mol. The van der Waals surface area contributed by atoms with E-state index in [0.717, 1.165) is 44.8 Å². The van der Waals surface area contributed by atoms with E-state index in [1.807, 2.05) is 0 Å². The van der Waals surface area contributed by atoms with Crippen molar-refractivity contribution >= 4 is 5.78 Å². The monoisotopic (exact) mass is 210 g/mol. The summed E-state index contributed by atoms with van der Waals surface area (Å²) in [6, 6.07) is 0. The van der Waals surface area contributed by atoms with Gasteiger partial charge in [0.2, 0.25) is 0 Å². The van der Waals surface area contributed by atoms with Crippen LogP contribution in [0.3, 0.4) is 0 Å². The lowest BCUT2D eigenvalue weighted by molar-refractivity contribution is -0.121. The molecule has 0 N–H and O–H groups in total. The van der Waals surface area contributed by atoms with E-state index in [-0.39, 0.29) is 0 Å². The summed E-state index contributed by atoms with van der Waals surface area (Å²) in [6.45, 7) is 1.72. The number of Topliss-reactive ketones (excluding diaryl/α,β-unsaturated/α-hetero) is 1. The Hall–Kier alpha value is -0.370. The highest BCUT2D eigenvalue weighted by atomic mass is 16.5. The van der Waals surface area contributed by atoms with Crippen molar-refractivity contribution < 1.29 is 9.53 Å². The van der Waals surface area contributed by atoms with Gasteiger partial charge in [-0.05, 0) is 24.7 Å². The molecule has 1 saturated heterocycles. The number of carbonyl (C=O) groups excluding carboxylic acids is 1. The van der Waals surface area contributed by atoms with Gasteiger partial charge >= 0.3 is 0 Å². The largest absolute Gasteiger partial charge is 0.381 e. The molecular weight excluding hydrogens is 188 g/mol. The van der Waals surface area contributed by atoms with Crippen molar-refractivity contribution in [3.05, 3.63) is 0 Å². The molecule has 1 aliphatic heterocycles. The van der Waals surface area contributed by atoms with Crippen molar-refractivity contribution in [2.75, 3.05) is 13.2 Å². The normalized spacial score (nSPS) is 24.5. The van der Waals surface area contributed by atoms with Crippen LogP contribution in [0.1, 0.15) is 51.4 Å². The third-order valence-electron chi connectivity index (χ3n) is 3.85. The van der Waals surface area contributed by atoms with E-state index in [9.17, 15) is 4.79 Å². The molecule has 2 nitrogen and oxygen atoms in total. The van der Waals surface area contributed by atoms with E-state index in [4.69, 9.17) is 4.74 Å². The summed E-state index contributed by atoms with van der Waals surface area (Å²) in [5.74, 6) is 1.85. The number of hydrogen-bond donors (Lipinski definition) is 0. The first-order valence-corrected chi connectivity index (χ1v) is 6.44. The van der Waals surface area contributed by atoms with Crippen molar-refractivity contribution in [2.45, 2.75) is 51.4 Å². The number of ether oxygens (including phenoxy) is 1. The fraction of sp³-hybridized carbons (Fsp3) is 0.923. The first kappa shape index (κ1) is 11.1. The Balaban J connectivity index is 1.66. The van der Waals surface area contributed by atoms with Crippen LogP contribution in [-0.4, -0.2) is 19.0 Å². The maximum absolute atomic E-state index is 11.8. The Kier molecular flexibility index (Phi) is 4.18. The zero-order valence-corrected chi connectivity index (χ0v) is 9.54. The van der Waals surface area contributed by atoms with Crippen LogP contribution in [0, 0.1) is 11.8 Å². The molecule has 0 bridgehead atoms. The Labute approximate surface area is 92.4 Å². The molecule has 1 saturated carbocycles. The molecule has 86 valence electrons. The lowest BCUT2D eigenvalue weighted by Crippen LogP contribution is -2.19. The predicted octanol–water partition coefficient (Wildman–Crippen LogP) is 2.95. The van der Waals surface area contributed by atoms with Crippen LogP contribution in [0.2, 0.25) is 0 Å². The second-order valence-electron chi connectivity index (χ2n) is 5.15. The van der Waals surface area contributed by atoms with Crippen molar-refractivity contribution in [1.82, 2.24) is 0 Å². The Morgan fingerprint density at radius 3 is 2.07 bits per heavy atom. The summed E-state index contributed by atoms with van der Waals surface area (Å²) in [5.41, 5.74) is 0. The third-order valence-corrected chi connectivity index (χ3v) is 3.85. The van der Waals surface area contributed by atoms with Crippen molar-refractivity contribution in [3.8, 4) is 0 Å². The van der Waals surface area contributed by atoms with Crippen LogP contribution in [-0.2, 0) is 9.53 Å². The van der Waals surface area contributed by atoms with E-state index >= 15 is 0 Å². The lowest BCUT2D eigenvalue weighted by atomic mass is 9.90. The van der Waals surface area contributed by atoms with E-state index in [2.05, 4.69) is 0 Å². The molecule has 0 unspecified atom stereocenters. The fourth-order valence-corrected chi connectivity index (χ4v) is 2.89. The molecule has 2 rings (SSSR count). The van der Waals surface area contributed by atoms with E-state index in [0.29, 0.717) is 11.7 Å². The number of rotatable bonds is 4. The molecule has 0 aromatic carbocycles. The van der Waals surface area contributed by atoms with Gasteiger partial charge in [0.25, 0.3) is 0 Å². The quantitative estimate of drug-likeness (QED) is 0.713. The summed E-state index contributed by atoms with van der Waals surface area (Å²) in [7, 11) is 0. The van der Waals surface area contributed by atoms with E-state index in [1.54, 1.807) is 0 Å². The summed E-state index contributed by atoms with van der Waals surface area (Å²) >= 11 is 0. The Bertz CT molecular complexity index is 201. The molecule has 2 aliphatic rings. The lowest BCUT2D eigenvalue weighted by Gasteiger charge is -2.21. The second kappa shape index (κ2) is 5.64. The van der Waals surface area contributed by atoms with Crippen LogP contribution in [0.5, 0.6) is 0 Å². The molecule has 0 aromatic heterocycles. The van der Waals surface area contributed by atoms with Gasteiger partial charge in [-0.3, -0.25) is 4.79 Å². The van der Waals surface area contributed by atoms with Gasteiger partial charge in [-0.15, -0.1) is 0 Å². The van der Waals surface area contributed by atoms with Crippen LogP contribution in [0.25, 0.3) is 0 Å². The Morgan fingerprint density at radius 2 is 1.47 bits per heavy atom.